The molecule has 0 radical (unpaired) electrons. The molecule has 0 saturated carbocycles. The van der Waals surface area contributed by atoms with E-state index in [0.717, 1.165) is 5.56 Å². The highest BCUT2D eigenvalue weighted by atomic mass is 35.5. The summed E-state index contributed by atoms with van der Waals surface area (Å²) in [5.74, 6) is -1.70. The standard InChI is InChI=1S/C18H18Cl3NO3/c19-15(16(20)21)11-25-18(24)14-9-5-4-8-13(14)17(23)22-10-12-6-2-1-3-7-12/h1-7,13-14H,8-11H2,(H,22,23)/t13-,14-/m0/s1. The number of allylic oxidation sites excluding steroid dienone is 2. The van der Waals surface area contributed by atoms with Gasteiger partial charge in [-0.1, -0.05) is 77.3 Å². The number of carbonyl (C=O) groups is 2. The molecule has 1 aliphatic carbocycles. The van der Waals surface area contributed by atoms with Crippen LogP contribution in [0.25, 0.3) is 0 Å². The summed E-state index contributed by atoms with van der Waals surface area (Å²) in [6.07, 6.45) is 4.70. The summed E-state index contributed by atoms with van der Waals surface area (Å²) in [5, 5.41) is 2.93. The third kappa shape index (κ3) is 6.07. The minimum atomic E-state index is -0.556. The summed E-state index contributed by atoms with van der Waals surface area (Å²) in [7, 11) is 0. The molecule has 0 aromatic heterocycles. The zero-order chi connectivity index (χ0) is 18.2. The van der Waals surface area contributed by atoms with Crippen LogP contribution in [0.4, 0.5) is 0 Å². The number of esters is 1. The molecule has 0 unspecified atom stereocenters. The van der Waals surface area contributed by atoms with Crippen LogP contribution in [-0.4, -0.2) is 18.5 Å². The number of hydrogen-bond acceptors (Lipinski definition) is 3. The van der Waals surface area contributed by atoms with Gasteiger partial charge in [0.1, 0.15) is 11.1 Å². The molecule has 134 valence electrons. The number of nitrogens with one attached hydrogen (secondary N) is 1. The van der Waals surface area contributed by atoms with Gasteiger partial charge in [-0.25, -0.2) is 0 Å². The molecule has 2 rings (SSSR count). The molecule has 2 atom stereocenters. The molecule has 1 aromatic rings. The van der Waals surface area contributed by atoms with Crippen LogP contribution in [0.2, 0.25) is 0 Å². The highest BCUT2D eigenvalue weighted by Crippen LogP contribution is 2.28. The van der Waals surface area contributed by atoms with Crippen molar-refractivity contribution in [2.45, 2.75) is 19.4 Å². The van der Waals surface area contributed by atoms with Gasteiger partial charge in [0.15, 0.2) is 0 Å². The van der Waals surface area contributed by atoms with Crippen molar-refractivity contribution in [1.82, 2.24) is 5.32 Å². The lowest BCUT2D eigenvalue weighted by atomic mass is 9.82. The number of amides is 1. The second-order valence-corrected chi connectivity index (χ2v) is 7.04. The van der Waals surface area contributed by atoms with Gasteiger partial charge in [-0.05, 0) is 18.4 Å². The van der Waals surface area contributed by atoms with E-state index in [9.17, 15) is 9.59 Å². The molecule has 25 heavy (non-hydrogen) atoms. The van der Waals surface area contributed by atoms with Crippen molar-refractivity contribution < 1.29 is 14.3 Å². The highest BCUT2D eigenvalue weighted by Gasteiger charge is 2.35. The third-order valence-electron chi connectivity index (χ3n) is 3.93. The highest BCUT2D eigenvalue weighted by molar-refractivity contribution is 6.59. The quantitative estimate of drug-likeness (QED) is 0.570. The van der Waals surface area contributed by atoms with Crippen molar-refractivity contribution in [3.05, 3.63) is 57.6 Å². The van der Waals surface area contributed by atoms with Gasteiger partial charge in [-0.3, -0.25) is 9.59 Å². The number of rotatable bonds is 6. The van der Waals surface area contributed by atoms with Gasteiger partial charge in [-0.15, -0.1) is 0 Å². The van der Waals surface area contributed by atoms with Gasteiger partial charge in [0, 0.05) is 6.54 Å². The fourth-order valence-corrected chi connectivity index (χ4v) is 2.74. The first-order chi connectivity index (χ1) is 12.0. The van der Waals surface area contributed by atoms with Crippen molar-refractivity contribution in [3.63, 3.8) is 0 Å². The normalized spacial score (nSPS) is 19.2. The first kappa shape index (κ1) is 19.8. The Bertz CT molecular complexity index is 669. The average Bonchev–Trinajstić information content (AvgIpc) is 2.64. The maximum absolute atomic E-state index is 12.5. The number of halogens is 3. The topological polar surface area (TPSA) is 55.4 Å². The molecular formula is C18H18Cl3NO3. The van der Waals surface area contributed by atoms with E-state index in [1.807, 2.05) is 42.5 Å². The van der Waals surface area contributed by atoms with Crippen molar-refractivity contribution in [2.75, 3.05) is 6.61 Å². The monoisotopic (exact) mass is 401 g/mol. The van der Waals surface area contributed by atoms with Crippen molar-refractivity contribution in [3.8, 4) is 0 Å². The summed E-state index contributed by atoms with van der Waals surface area (Å²) in [6.45, 7) is 0.208. The van der Waals surface area contributed by atoms with Gasteiger partial charge >= 0.3 is 5.97 Å². The molecule has 1 aliphatic rings. The lowest BCUT2D eigenvalue weighted by Crippen LogP contribution is -2.39. The van der Waals surface area contributed by atoms with Crippen LogP contribution in [0.15, 0.2) is 52.0 Å². The largest absolute Gasteiger partial charge is 0.460 e. The van der Waals surface area contributed by atoms with Crippen LogP contribution < -0.4 is 5.32 Å². The summed E-state index contributed by atoms with van der Waals surface area (Å²) in [6, 6.07) is 9.58. The Hall–Kier alpha value is -1.49. The van der Waals surface area contributed by atoms with Gasteiger partial charge in [-0.2, -0.15) is 0 Å². The molecule has 0 saturated heterocycles. The summed E-state index contributed by atoms with van der Waals surface area (Å²) in [5.41, 5.74) is 0.995. The summed E-state index contributed by atoms with van der Waals surface area (Å²) < 4.78 is 4.99. The second kappa shape index (κ2) is 9.85. The Morgan fingerprint density at radius 1 is 1.04 bits per heavy atom. The van der Waals surface area contributed by atoms with Crippen LogP contribution in [0.3, 0.4) is 0 Å². The molecular weight excluding hydrogens is 385 g/mol. The average molecular weight is 403 g/mol. The Labute approximate surface area is 161 Å². The maximum Gasteiger partial charge on any atom is 0.310 e. The van der Waals surface area contributed by atoms with E-state index >= 15 is 0 Å². The predicted octanol–water partition coefficient (Wildman–Crippen LogP) is 4.31. The van der Waals surface area contributed by atoms with Gasteiger partial charge in [0.05, 0.1) is 16.9 Å². The van der Waals surface area contributed by atoms with Gasteiger partial charge in [0.25, 0.3) is 0 Å². The van der Waals surface area contributed by atoms with Crippen LogP contribution in [0, 0.1) is 11.8 Å². The van der Waals surface area contributed by atoms with Crippen molar-refractivity contribution >= 4 is 46.7 Å². The van der Waals surface area contributed by atoms with E-state index in [1.165, 1.54) is 0 Å². The summed E-state index contributed by atoms with van der Waals surface area (Å²) in [4.78, 5) is 24.8. The lowest BCUT2D eigenvalue weighted by Gasteiger charge is -2.26. The van der Waals surface area contributed by atoms with Crippen LogP contribution in [0.1, 0.15) is 18.4 Å². The molecule has 0 aliphatic heterocycles. The SMILES string of the molecule is O=C(NCc1ccccc1)[C@H]1CC=CC[C@@H]1C(=O)OCC(Cl)=C(Cl)Cl. The first-order valence-corrected chi connectivity index (χ1v) is 8.95. The third-order valence-corrected chi connectivity index (χ3v) is 4.88. The van der Waals surface area contributed by atoms with E-state index in [4.69, 9.17) is 39.5 Å². The fraction of sp³-hybridized carbons (Fsp3) is 0.333. The Kier molecular flexibility index (Phi) is 7.82. The summed E-state index contributed by atoms with van der Waals surface area (Å²) >= 11 is 16.8. The Morgan fingerprint density at radius 3 is 2.32 bits per heavy atom. The number of ether oxygens (including phenoxy) is 1. The molecule has 0 spiro atoms. The van der Waals surface area contributed by atoms with Crippen LogP contribution in [-0.2, 0) is 20.9 Å². The zero-order valence-electron chi connectivity index (χ0n) is 13.4. The molecule has 0 bridgehead atoms. The van der Waals surface area contributed by atoms with Gasteiger partial charge < -0.3 is 10.1 Å². The molecule has 4 nitrogen and oxygen atoms in total. The predicted molar refractivity (Wildman–Crippen MR) is 99.2 cm³/mol. The van der Waals surface area contributed by atoms with E-state index in [0.29, 0.717) is 19.4 Å². The molecule has 1 N–H and O–H groups in total. The minimum Gasteiger partial charge on any atom is -0.460 e. The molecule has 0 fully saturated rings. The number of carbonyl (C=O) groups excluding carboxylic acids is 2. The maximum atomic E-state index is 12.5. The van der Waals surface area contributed by atoms with E-state index in [-0.39, 0.29) is 22.0 Å². The van der Waals surface area contributed by atoms with Crippen molar-refractivity contribution in [2.24, 2.45) is 11.8 Å². The molecule has 0 heterocycles. The lowest BCUT2D eigenvalue weighted by molar-refractivity contribution is -0.152. The number of benzene rings is 1. The zero-order valence-corrected chi connectivity index (χ0v) is 15.7. The van der Waals surface area contributed by atoms with E-state index < -0.39 is 17.8 Å². The van der Waals surface area contributed by atoms with Gasteiger partial charge in [0.2, 0.25) is 5.91 Å². The Balaban J connectivity index is 1.95. The smallest absolute Gasteiger partial charge is 0.310 e. The Morgan fingerprint density at radius 2 is 1.68 bits per heavy atom. The second-order valence-electron chi connectivity index (χ2n) is 5.63. The molecule has 1 amide bonds. The molecule has 1 aromatic carbocycles. The number of hydrogen-bond donors (Lipinski definition) is 1. The van der Waals surface area contributed by atoms with E-state index in [2.05, 4.69) is 5.32 Å². The van der Waals surface area contributed by atoms with Crippen LogP contribution in [0.5, 0.6) is 0 Å². The first-order valence-electron chi connectivity index (χ1n) is 7.82. The van der Waals surface area contributed by atoms with Crippen molar-refractivity contribution in [1.29, 1.82) is 0 Å². The molecule has 7 heteroatoms. The van der Waals surface area contributed by atoms with E-state index in [1.54, 1.807) is 0 Å². The minimum absolute atomic E-state index is 0.0492. The van der Waals surface area contributed by atoms with Crippen LogP contribution >= 0.6 is 34.8 Å². The fourth-order valence-electron chi connectivity index (χ4n) is 2.58.